The van der Waals surface area contributed by atoms with Gasteiger partial charge >= 0.3 is 0 Å². The van der Waals surface area contributed by atoms with Crippen molar-refractivity contribution in [3.05, 3.63) is 191 Å². The lowest BCUT2D eigenvalue weighted by Gasteiger charge is -2.30. The van der Waals surface area contributed by atoms with E-state index in [9.17, 15) is 28.8 Å². The summed E-state index contributed by atoms with van der Waals surface area (Å²) in [5.41, 5.74) is 16.1. The van der Waals surface area contributed by atoms with Gasteiger partial charge in [-0.25, -0.2) is 0 Å². The van der Waals surface area contributed by atoms with Crippen molar-refractivity contribution in [2.45, 2.75) is 127 Å². The highest BCUT2D eigenvalue weighted by molar-refractivity contribution is 6.06. The van der Waals surface area contributed by atoms with Gasteiger partial charge in [-0.3, -0.25) is 48.3 Å². The molecule has 0 spiro atoms. The molecule has 0 unspecified atom stereocenters. The highest BCUT2D eigenvalue weighted by Crippen LogP contribution is 2.28. The maximum absolute atomic E-state index is 15.3. The van der Waals surface area contributed by atoms with Crippen LogP contribution in [0.3, 0.4) is 0 Å². The zero-order valence-electron chi connectivity index (χ0n) is 53.4. The van der Waals surface area contributed by atoms with Crippen LogP contribution in [0.2, 0.25) is 0 Å². The Kier molecular flexibility index (Phi) is 22.9. The summed E-state index contributed by atoms with van der Waals surface area (Å²) in [7, 11) is 0. The predicted octanol–water partition coefficient (Wildman–Crippen LogP) is 6.81. The van der Waals surface area contributed by atoms with Gasteiger partial charge in [-0.05, 0) is 146 Å². The molecule has 20 nitrogen and oxygen atoms in total. The number of carbonyl (C=O) groups is 8. The van der Waals surface area contributed by atoms with E-state index in [1.807, 2.05) is 147 Å². The standard InChI is InChI=1S/C74H84N12O8/c1-3-57-55(43-53-41-49-25-11-13-27-51(49)45-61(53)79-57)67(87)81-59(73(93)85-37-17-31-65(85)71(91)83-63(69(89)77-35-19-33-75)39-47-21-7-5-8-22-47)29-15-16-30-60(82-68(88)56-44-54-42-50-26-12-14-28-52(50)46-62(54)80-58(56)4-2)74(94)86-38-18-32-66(86)72(92)84-64(70(90)78-36-20-34-76)40-48-23-9-6-10-24-48/h5-16,21-28,41-46,59-60,63-66H,3-4,17-20,29-40,75-76H2,1-2H3,(H,77,89)(H,78,90)(H,81,87)(H,82,88)(H,83,91)(H,84,92)/b16-15+/t59-,60-,63-,64-,65-,66-/m0/s1. The van der Waals surface area contributed by atoms with Crippen molar-refractivity contribution >= 4 is 90.6 Å². The molecule has 0 aliphatic carbocycles. The SMILES string of the molecule is CCc1nc2cc3ccccc3cc2cc1C(=O)N[C@@H](C/C=C/C[C@H](NC(=O)c1cc2cc3ccccc3cc2nc1CC)C(=O)N1CCC[C@H]1C(=O)N[C@@H](Cc1ccccc1)C(=O)NCCCN)C(=O)N1CCC[C@H]1C(=O)N[C@@H](Cc1ccccc1)C(=O)NCCCN. The second kappa shape index (κ2) is 32.1. The summed E-state index contributed by atoms with van der Waals surface area (Å²) < 4.78 is 0. The van der Waals surface area contributed by atoms with Crippen LogP contribution in [0.1, 0.15) is 108 Å². The van der Waals surface area contributed by atoms with Crippen LogP contribution in [0.5, 0.6) is 0 Å². The number of likely N-dealkylation sites (tertiary alicyclic amines) is 2. The highest BCUT2D eigenvalue weighted by atomic mass is 16.2. The number of aromatic nitrogens is 2. The fourth-order valence-electron chi connectivity index (χ4n) is 12.7. The Morgan fingerprint density at radius 2 is 0.851 bits per heavy atom. The minimum atomic E-state index is -1.27. The van der Waals surface area contributed by atoms with Gasteiger partial charge < -0.3 is 53.2 Å². The summed E-state index contributed by atoms with van der Waals surface area (Å²) in [6.45, 7) is 5.52. The minimum absolute atomic E-state index is 0.120. The number of nitrogens with one attached hydrogen (secondary N) is 6. The highest BCUT2D eigenvalue weighted by Gasteiger charge is 2.41. The molecule has 10 rings (SSSR count). The van der Waals surface area contributed by atoms with E-state index in [2.05, 4.69) is 31.9 Å². The number of hydrogen-bond donors (Lipinski definition) is 8. The summed E-state index contributed by atoms with van der Waals surface area (Å²) in [5.74, 6) is -4.05. The van der Waals surface area contributed by atoms with Crippen LogP contribution in [0.4, 0.5) is 0 Å². The average molecular weight is 1270 g/mol. The second-order valence-corrected chi connectivity index (χ2v) is 24.2. The summed E-state index contributed by atoms with van der Waals surface area (Å²) in [6.07, 6.45) is 6.86. The van der Waals surface area contributed by atoms with Crippen LogP contribution in [0.15, 0.2) is 158 Å². The summed E-state index contributed by atoms with van der Waals surface area (Å²) >= 11 is 0. The molecule has 6 aromatic carbocycles. The smallest absolute Gasteiger partial charge is 0.253 e. The molecule has 0 radical (unpaired) electrons. The van der Waals surface area contributed by atoms with Gasteiger partial charge in [-0.2, -0.15) is 0 Å². The Morgan fingerprint density at radius 3 is 1.22 bits per heavy atom. The topological polar surface area (TPSA) is 293 Å². The molecule has 2 aliphatic heterocycles. The minimum Gasteiger partial charge on any atom is -0.354 e. The number of amides is 8. The van der Waals surface area contributed by atoms with Crippen molar-refractivity contribution in [1.82, 2.24) is 51.7 Å². The Morgan fingerprint density at radius 1 is 0.479 bits per heavy atom. The number of aryl methyl sites for hydroxylation is 2. The molecule has 6 atom stereocenters. The van der Waals surface area contributed by atoms with E-state index in [1.54, 1.807) is 24.3 Å². The van der Waals surface area contributed by atoms with Gasteiger partial charge in [-0.15, -0.1) is 0 Å². The zero-order valence-corrected chi connectivity index (χ0v) is 53.4. The van der Waals surface area contributed by atoms with E-state index in [1.165, 1.54) is 9.80 Å². The monoisotopic (exact) mass is 1270 g/mol. The third kappa shape index (κ3) is 16.5. The molecule has 2 aromatic heterocycles. The number of carbonyl (C=O) groups excluding carboxylic acids is 8. The van der Waals surface area contributed by atoms with E-state index in [-0.39, 0.29) is 49.9 Å². The first-order chi connectivity index (χ1) is 45.7. The van der Waals surface area contributed by atoms with Gasteiger partial charge in [0.15, 0.2) is 0 Å². The maximum Gasteiger partial charge on any atom is 0.253 e. The third-order valence-electron chi connectivity index (χ3n) is 17.7. The number of hydrogen-bond acceptors (Lipinski definition) is 12. The van der Waals surface area contributed by atoms with Gasteiger partial charge in [0.1, 0.15) is 36.3 Å². The Hall–Kier alpha value is -9.92. The molecule has 94 heavy (non-hydrogen) atoms. The quantitative estimate of drug-likeness (QED) is 0.0143. The Balaban J connectivity index is 0.955. The van der Waals surface area contributed by atoms with Crippen LogP contribution in [0, 0.1) is 0 Å². The first-order valence-corrected chi connectivity index (χ1v) is 32.9. The number of fused-ring (bicyclic) bond motifs is 4. The van der Waals surface area contributed by atoms with E-state index >= 15 is 9.59 Å². The van der Waals surface area contributed by atoms with Gasteiger partial charge in [0.25, 0.3) is 11.8 Å². The molecule has 10 N–H and O–H groups in total. The fourth-order valence-corrected chi connectivity index (χ4v) is 12.7. The Bertz CT molecular complexity index is 3830. The summed E-state index contributed by atoms with van der Waals surface area (Å²) in [4.78, 5) is 130. The first-order valence-electron chi connectivity index (χ1n) is 32.9. The van der Waals surface area contributed by atoms with E-state index in [4.69, 9.17) is 21.4 Å². The van der Waals surface area contributed by atoms with Crippen LogP contribution in [0.25, 0.3) is 43.4 Å². The molecular weight excluding hydrogens is 1180 g/mol. The van der Waals surface area contributed by atoms with Gasteiger partial charge in [0.05, 0.1) is 33.5 Å². The van der Waals surface area contributed by atoms with Crippen molar-refractivity contribution in [3.8, 4) is 0 Å². The molecule has 8 amide bonds. The maximum atomic E-state index is 15.3. The molecule has 488 valence electrons. The van der Waals surface area contributed by atoms with Gasteiger partial charge in [0.2, 0.25) is 35.4 Å². The molecule has 20 heteroatoms. The van der Waals surface area contributed by atoms with Gasteiger partial charge in [-0.1, -0.05) is 135 Å². The number of nitrogens with zero attached hydrogens (tertiary/aromatic N) is 4. The van der Waals surface area contributed by atoms with Crippen LogP contribution >= 0.6 is 0 Å². The zero-order chi connectivity index (χ0) is 66.1. The van der Waals surface area contributed by atoms with Gasteiger partial charge in [0, 0.05) is 49.8 Å². The number of pyridine rings is 2. The normalized spacial score (nSPS) is 16.0. The van der Waals surface area contributed by atoms with Crippen molar-refractivity contribution in [2.24, 2.45) is 11.5 Å². The van der Waals surface area contributed by atoms with Crippen molar-refractivity contribution < 1.29 is 38.4 Å². The van der Waals surface area contributed by atoms with E-state index in [0.717, 1.165) is 43.4 Å². The molecule has 0 bridgehead atoms. The summed E-state index contributed by atoms with van der Waals surface area (Å²) in [5, 5.41) is 23.1. The van der Waals surface area contributed by atoms with Crippen LogP contribution < -0.4 is 43.4 Å². The lowest BCUT2D eigenvalue weighted by atomic mass is 10.0. The fraction of sp³-hybridized carbons (Fsp3) is 0.351. The van der Waals surface area contributed by atoms with Crippen molar-refractivity contribution in [2.75, 3.05) is 39.3 Å². The largest absolute Gasteiger partial charge is 0.354 e. The molecule has 0 saturated carbocycles. The van der Waals surface area contributed by atoms with E-state index in [0.29, 0.717) is 100.0 Å². The first kappa shape index (κ1) is 67.0. The molecule has 2 saturated heterocycles. The van der Waals surface area contributed by atoms with Crippen molar-refractivity contribution in [3.63, 3.8) is 0 Å². The molecular formula is C74H84N12O8. The molecule has 8 aromatic rings. The van der Waals surface area contributed by atoms with Crippen LogP contribution in [-0.2, 0) is 54.5 Å². The third-order valence-corrected chi connectivity index (χ3v) is 17.7. The molecule has 2 fully saturated rings. The number of benzene rings is 6. The van der Waals surface area contributed by atoms with Crippen molar-refractivity contribution in [1.29, 1.82) is 0 Å². The average Bonchev–Trinajstić information content (AvgIpc) is 0.988. The summed E-state index contributed by atoms with van der Waals surface area (Å²) in [6, 6.07) is 39.3. The second-order valence-electron chi connectivity index (χ2n) is 24.2. The lowest BCUT2D eigenvalue weighted by Crippen LogP contribution is -2.56. The lowest BCUT2D eigenvalue weighted by molar-refractivity contribution is -0.140. The predicted molar refractivity (Wildman–Crippen MR) is 365 cm³/mol. The van der Waals surface area contributed by atoms with E-state index < -0.39 is 83.5 Å². The van der Waals surface area contributed by atoms with Crippen LogP contribution in [-0.4, -0.2) is 143 Å². The molecule has 2 aliphatic rings. The molecule has 4 heterocycles. The Labute approximate surface area is 547 Å². The number of rotatable bonds is 28. The number of nitrogens with two attached hydrogens (primary N) is 2.